The molecule has 1 aromatic rings. The van der Waals surface area contributed by atoms with Crippen LogP contribution in [0.4, 0.5) is 0 Å². The van der Waals surface area contributed by atoms with Crippen molar-refractivity contribution in [3.63, 3.8) is 0 Å². The van der Waals surface area contributed by atoms with Crippen LogP contribution in [0.3, 0.4) is 0 Å². The molecular weight excluding hydrogens is 292 g/mol. The molecule has 7 heteroatoms. The maximum atomic E-state index is 11.6. The molecule has 1 heterocycles. The molecule has 1 amide bonds. The zero-order chi connectivity index (χ0) is 15.4. The molecule has 2 rings (SSSR count). The number of nitrogens with one attached hydrogen (secondary N) is 2. The minimum Gasteiger partial charge on any atom is -0.490 e. The number of hydrogen-bond donors (Lipinski definition) is 2. The Morgan fingerprint density at radius 1 is 1.33 bits per heavy atom. The van der Waals surface area contributed by atoms with E-state index in [0.717, 1.165) is 5.56 Å². The highest BCUT2D eigenvalue weighted by atomic mass is 32.1. The van der Waals surface area contributed by atoms with Gasteiger partial charge in [0.25, 0.3) is 5.91 Å². The van der Waals surface area contributed by atoms with E-state index in [1.165, 1.54) is 6.92 Å². The lowest BCUT2D eigenvalue weighted by Gasteiger charge is -2.10. The van der Waals surface area contributed by atoms with Crippen LogP contribution in [0.1, 0.15) is 19.4 Å². The van der Waals surface area contributed by atoms with Crippen molar-refractivity contribution in [3.05, 3.63) is 29.5 Å². The number of ether oxygens (including phenoxy) is 2. The number of esters is 1. The second-order valence-corrected chi connectivity index (χ2v) is 4.61. The summed E-state index contributed by atoms with van der Waals surface area (Å²) in [6.07, 6.45) is 1.63. The molecule has 0 atom stereocenters. The van der Waals surface area contributed by atoms with Crippen LogP contribution in [-0.4, -0.2) is 23.6 Å². The zero-order valence-electron chi connectivity index (χ0n) is 11.6. The van der Waals surface area contributed by atoms with Gasteiger partial charge in [0.05, 0.1) is 6.61 Å². The molecule has 1 aliphatic rings. The number of amides is 1. The molecule has 0 spiro atoms. The van der Waals surface area contributed by atoms with Crippen molar-refractivity contribution in [2.24, 2.45) is 0 Å². The highest BCUT2D eigenvalue weighted by molar-refractivity contribution is 7.80. The molecule has 0 aliphatic carbocycles. The molecular formula is C14H14N2O4S. The van der Waals surface area contributed by atoms with Gasteiger partial charge in [-0.05, 0) is 42.9 Å². The number of rotatable bonds is 4. The first kappa shape index (κ1) is 15.0. The fourth-order valence-corrected chi connectivity index (χ4v) is 1.97. The first-order chi connectivity index (χ1) is 9.99. The third-order valence-corrected chi connectivity index (χ3v) is 2.76. The smallest absolute Gasteiger partial charge is 0.308 e. The maximum absolute atomic E-state index is 11.6. The van der Waals surface area contributed by atoms with Gasteiger partial charge in [0, 0.05) is 6.92 Å². The topological polar surface area (TPSA) is 76.7 Å². The van der Waals surface area contributed by atoms with Crippen molar-refractivity contribution in [1.82, 2.24) is 10.6 Å². The van der Waals surface area contributed by atoms with Gasteiger partial charge in [0.15, 0.2) is 16.6 Å². The first-order valence-electron chi connectivity index (χ1n) is 6.29. The van der Waals surface area contributed by atoms with Crippen LogP contribution < -0.4 is 20.1 Å². The number of hydrogen-bond acceptors (Lipinski definition) is 5. The van der Waals surface area contributed by atoms with E-state index in [9.17, 15) is 9.59 Å². The first-order valence-corrected chi connectivity index (χ1v) is 6.69. The molecule has 21 heavy (non-hydrogen) atoms. The van der Waals surface area contributed by atoms with Gasteiger partial charge in [-0.1, -0.05) is 6.07 Å². The molecule has 1 fully saturated rings. The van der Waals surface area contributed by atoms with Gasteiger partial charge in [-0.15, -0.1) is 0 Å². The summed E-state index contributed by atoms with van der Waals surface area (Å²) >= 11 is 4.86. The second kappa shape index (κ2) is 6.36. The molecule has 0 bridgehead atoms. The predicted octanol–water partition coefficient (Wildman–Crippen LogP) is 1.36. The van der Waals surface area contributed by atoms with Crippen molar-refractivity contribution < 1.29 is 19.1 Å². The van der Waals surface area contributed by atoms with E-state index in [1.54, 1.807) is 24.3 Å². The Balaban J connectivity index is 2.31. The fourth-order valence-electron chi connectivity index (χ4n) is 1.77. The van der Waals surface area contributed by atoms with Gasteiger partial charge >= 0.3 is 5.97 Å². The summed E-state index contributed by atoms with van der Waals surface area (Å²) in [7, 11) is 0. The summed E-state index contributed by atoms with van der Waals surface area (Å²) in [5, 5.41) is 5.50. The third kappa shape index (κ3) is 3.79. The summed E-state index contributed by atoms with van der Waals surface area (Å²) in [6.45, 7) is 3.57. The van der Waals surface area contributed by atoms with Crippen molar-refractivity contribution >= 4 is 35.3 Å². The summed E-state index contributed by atoms with van der Waals surface area (Å²) in [4.78, 5) is 22.6. The molecule has 0 radical (unpaired) electrons. The molecule has 1 saturated heterocycles. The van der Waals surface area contributed by atoms with Crippen LogP contribution in [0, 0.1) is 0 Å². The molecule has 6 nitrogen and oxygen atoms in total. The van der Waals surface area contributed by atoms with E-state index in [1.807, 2.05) is 6.92 Å². The lowest BCUT2D eigenvalue weighted by Crippen LogP contribution is -2.21. The maximum Gasteiger partial charge on any atom is 0.308 e. The van der Waals surface area contributed by atoms with E-state index in [2.05, 4.69) is 10.6 Å². The largest absolute Gasteiger partial charge is 0.490 e. The normalized spacial score (nSPS) is 15.6. The van der Waals surface area contributed by atoms with Gasteiger partial charge in [-0.25, -0.2) is 0 Å². The van der Waals surface area contributed by atoms with E-state index in [-0.39, 0.29) is 11.0 Å². The summed E-state index contributed by atoms with van der Waals surface area (Å²) in [6, 6.07) is 5.01. The Hall–Kier alpha value is -2.41. The van der Waals surface area contributed by atoms with Gasteiger partial charge in [-0.3, -0.25) is 14.9 Å². The Labute approximate surface area is 127 Å². The quantitative estimate of drug-likeness (QED) is 0.378. The summed E-state index contributed by atoms with van der Waals surface area (Å²) in [5.41, 5.74) is 1.07. The second-order valence-electron chi connectivity index (χ2n) is 4.20. The van der Waals surface area contributed by atoms with Gasteiger partial charge < -0.3 is 14.8 Å². The van der Waals surface area contributed by atoms with Crippen molar-refractivity contribution in [3.8, 4) is 11.5 Å². The number of carbonyl (C=O) groups excluding carboxylic acids is 2. The molecule has 2 N–H and O–H groups in total. The van der Waals surface area contributed by atoms with Gasteiger partial charge in [-0.2, -0.15) is 0 Å². The van der Waals surface area contributed by atoms with Crippen LogP contribution in [0.15, 0.2) is 23.9 Å². The zero-order valence-corrected chi connectivity index (χ0v) is 12.4. The average molecular weight is 306 g/mol. The van der Waals surface area contributed by atoms with Crippen LogP contribution in [0.25, 0.3) is 6.08 Å². The SMILES string of the molecule is CCOc1cc(/C=C2\NC(=S)NC2=O)ccc1OC(C)=O. The summed E-state index contributed by atoms with van der Waals surface area (Å²) in [5.74, 6) is 0.0557. The van der Waals surface area contributed by atoms with Crippen LogP contribution in [0.5, 0.6) is 11.5 Å². The standard InChI is InChI=1S/C14H14N2O4S/c1-3-19-12-7-9(4-5-11(12)20-8(2)17)6-10-13(18)16-14(21)15-10/h4-7H,3H2,1-2H3,(H2,15,16,18,21)/b10-6-. The Morgan fingerprint density at radius 3 is 2.67 bits per heavy atom. The number of carbonyl (C=O) groups is 2. The van der Waals surface area contributed by atoms with Crippen LogP contribution in [0.2, 0.25) is 0 Å². The average Bonchev–Trinajstić information content (AvgIpc) is 2.71. The van der Waals surface area contributed by atoms with Crippen molar-refractivity contribution in [1.29, 1.82) is 0 Å². The number of thiocarbonyl (C=S) groups is 1. The third-order valence-electron chi connectivity index (χ3n) is 2.55. The predicted molar refractivity (Wildman–Crippen MR) is 80.8 cm³/mol. The van der Waals surface area contributed by atoms with Crippen LogP contribution in [-0.2, 0) is 9.59 Å². The molecule has 0 aromatic heterocycles. The fraction of sp³-hybridized carbons (Fsp3) is 0.214. The van der Waals surface area contributed by atoms with Crippen molar-refractivity contribution in [2.75, 3.05) is 6.61 Å². The Kier molecular flexibility index (Phi) is 4.54. The lowest BCUT2D eigenvalue weighted by atomic mass is 10.1. The highest BCUT2D eigenvalue weighted by Crippen LogP contribution is 2.29. The molecule has 1 aliphatic heterocycles. The Morgan fingerprint density at radius 2 is 2.10 bits per heavy atom. The monoisotopic (exact) mass is 306 g/mol. The minimum atomic E-state index is -0.427. The van der Waals surface area contributed by atoms with Crippen LogP contribution >= 0.6 is 12.2 Å². The van der Waals surface area contributed by atoms with Gasteiger partial charge in [0.1, 0.15) is 5.70 Å². The van der Waals surface area contributed by atoms with E-state index in [0.29, 0.717) is 23.8 Å². The van der Waals surface area contributed by atoms with Gasteiger partial charge in [0.2, 0.25) is 0 Å². The molecule has 0 unspecified atom stereocenters. The number of benzene rings is 1. The van der Waals surface area contributed by atoms with E-state index in [4.69, 9.17) is 21.7 Å². The summed E-state index contributed by atoms with van der Waals surface area (Å²) < 4.78 is 10.5. The highest BCUT2D eigenvalue weighted by Gasteiger charge is 2.20. The minimum absolute atomic E-state index is 0.271. The van der Waals surface area contributed by atoms with E-state index < -0.39 is 5.97 Å². The molecule has 0 saturated carbocycles. The van der Waals surface area contributed by atoms with Crippen molar-refractivity contribution in [2.45, 2.75) is 13.8 Å². The molecule has 110 valence electrons. The molecule has 1 aromatic carbocycles. The van der Waals surface area contributed by atoms with E-state index >= 15 is 0 Å². The Bertz CT molecular complexity index is 640. The lowest BCUT2D eigenvalue weighted by molar-refractivity contribution is -0.132.